The molecule has 4 heteroatoms. The number of hydrogen-bond acceptors (Lipinski definition) is 3. The maximum absolute atomic E-state index is 12.1. The molecule has 1 fully saturated rings. The lowest BCUT2D eigenvalue weighted by Gasteiger charge is -2.28. The van der Waals surface area contributed by atoms with Crippen LogP contribution in [0.5, 0.6) is 5.75 Å². The Kier molecular flexibility index (Phi) is 3.97. The van der Waals surface area contributed by atoms with Crippen molar-refractivity contribution in [2.24, 2.45) is 5.92 Å². The van der Waals surface area contributed by atoms with Crippen LogP contribution in [-0.2, 0) is 16.0 Å². The van der Waals surface area contributed by atoms with Gasteiger partial charge in [-0.1, -0.05) is 18.6 Å². The van der Waals surface area contributed by atoms with Crippen molar-refractivity contribution in [3.8, 4) is 5.75 Å². The first-order chi connectivity index (χ1) is 8.70. The van der Waals surface area contributed by atoms with Crippen molar-refractivity contribution in [2.45, 2.75) is 31.7 Å². The van der Waals surface area contributed by atoms with Gasteiger partial charge < -0.3 is 10.4 Å². The third-order valence-electron chi connectivity index (χ3n) is 3.50. The molecule has 1 saturated carbocycles. The van der Waals surface area contributed by atoms with Crippen LogP contribution in [0.2, 0.25) is 0 Å². The molecule has 1 aliphatic carbocycles. The molecule has 0 spiro atoms. The summed E-state index contributed by atoms with van der Waals surface area (Å²) in [4.78, 5) is 22.7. The van der Waals surface area contributed by atoms with Gasteiger partial charge in [0.2, 0.25) is 6.41 Å². The number of phenols is 1. The zero-order chi connectivity index (χ0) is 13.0. The Bertz CT molecular complexity index is 423. The van der Waals surface area contributed by atoms with Gasteiger partial charge in [-0.25, -0.2) is 0 Å². The molecule has 0 aliphatic heterocycles. The van der Waals surface area contributed by atoms with Crippen LogP contribution in [0.1, 0.15) is 24.8 Å². The number of rotatable bonds is 6. The smallest absolute Gasteiger partial charge is 0.207 e. The number of carbonyl (C=O) groups is 2. The zero-order valence-electron chi connectivity index (χ0n) is 10.1. The Balaban J connectivity index is 2.02. The number of aromatic hydroxyl groups is 1. The lowest BCUT2D eigenvalue weighted by molar-refractivity contribution is -0.129. The van der Waals surface area contributed by atoms with Gasteiger partial charge in [0.25, 0.3) is 0 Å². The van der Waals surface area contributed by atoms with Crippen LogP contribution < -0.4 is 5.32 Å². The summed E-state index contributed by atoms with van der Waals surface area (Å²) in [6, 6.07) is 6.26. The molecule has 1 amide bonds. The largest absolute Gasteiger partial charge is 0.508 e. The molecule has 18 heavy (non-hydrogen) atoms. The molecule has 0 aromatic heterocycles. The normalized spacial score (nSPS) is 16.7. The first kappa shape index (κ1) is 12.6. The number of Topliss-reactive ketones (excluding diaryl/α,β-unsaturated/α-hetero) is 1. The van der Waals surface area contributed by atoms with Crippen molar-refractivity contribution in [2.75, 3.05) is 0 Å². The topological polar surface area (TPSA) is 66.4 Å². The highest BCUT2D eigenvalue weighted by molar-refractivity contribution is 5.88. The summed E-state index contributed by atoms with van der Waals surface area (Å²) in [7, 11) is 0. The van der Waals surface area contributed by atoms with E-state index in [-0.39, 0.29) is 17.5 Å². The average Bonchev–Trinajstić information content (AvgIpc) is 2.29. The second-order valence-electron chi connectivity index (χ2n) is 4.74. The van der Waals surface area contributed by atoms with E-state index >= 15 is 0 Å². The molecule has 1 aliphatic rings. The first-order valence-corrected chi connectivity index (χ1v) is 6.22. The first-order valence-electron chi connectivity index (χ1n) is 6.22. The molecule has 4 nitrogen and oxygen atoms in total. The summed E-state index contributed by atoms with van der Waals surface area (Å²) < 4.78 is 0. The van der Waals surface area contributed by atoms with Crippen LogP contribution in [0.25, 0.3) is 0 Å². The van der Waals surface area contributed by atoms with E-state index in [1.807, 2.05) is 0 Å². The number of nitrogens with one attached hydrogen (secondary N) is 1. The molecule has 0 saturated heterocycles. The van der Waals surface area contributed by atoms with E-state index in [1.165, 1.54) is 0 Å². The van der Waals surface area contributed by atoms with E-state index in [0.717, 1.165) is 24.8 Å². The van der Waals surface area contributed by atoms with E-state index in [0.29, 0.717) is 12.8 Å². The minimum Gasteiger partial charge on any atom is -0.508 e. The molecule has 1 aromatic rings. The van der Waals surface area contributed by atoms with Crippen molar-refractivity contribution in [3.63, 3.8) is 0 Å². The van der Waals surface area contributed by atoms with E-state index in [1.54, 1.807) is 24.3 Å². The van der Waals surface area contributed by atoms with Crippen molar-refractivity contribution in [1.29, 1.82) is 0 Å². The predicted octanol–water partition coefficient (Wildman–Crippen LogP) is 1.42. The molecule has 0 heterocycles. The second kappa shape index (κ2) is 5.67. The van der Waals surface area contributed by atoms with E-state index in [4.69, 9.17) is 0 Å². The molecule has 1 aromatic carbocycles. The highest BCUT2D eigenvalue weighted by atomic mass is 16.3. The molecule has 1 atom stereocenters. The number of benzene rings is 1. The molecule has 96 valence electrons. The van der Waals surface area contributed by atoms with E-state index < -0.39 is 6.04 Å². The maximum atomic E-state index is 12.1. The maximum Gasteiger partial charge on any atom is 0.207 e. The Morgan fingerprint density at radius 1 is 1.39 bits per heavy atom. The van der Waals surface area contributed by atoms with Gasteiger partial charge in [0.15, 0.2) is 5.78 Å². The van der Waals surface area contributed by atoms with Crippen LogP contribution >= 0.6 is 0 Å². The summed E-state index contributed by atoms with van der Waals surface area (Å²) in [5.41, 5.74) is 0.930. The fraction of sp³-hybridized carbons (Fsp3) is 0.429. The van der Waals surface area contributed by atoms with Gasteiger partial charge in [-0.05, 0) is 37.0 Å². The van der Waals surface area contributed by atoms with Gasteiger partial charge in [0.05, 0.1) is 6.04 Å². The second-order valence-corrected chi connectivity index (χ2v) is 4.74. The zero-order valence-corrected chi connectivity index (χ0v) is 10.1. The molecular formula is C14H17NO3. The summed E-state index contributed by atoms with van der Waals surface area (Å²) in [6.45, 7) is 0. The average molecular weight is 247 g/mol. The van der Waals surface area contributed by atoms with Gasteiger partial charge >= 0.3 is 0 Å². The van der Waals surface area contributed by atoms with Crippen LogP contribution in [0.3, 0.4) is 0 Å². The van der Waals surface area contributed by atoms with Crippen LogP contribution in [0.15, 0.2) is 24.3 Å². The third-order valence-corrected chi connectivity index (χ3v) is 3.50. The summed E-state index contributed by atoms with van der Waals surface area (Å²) in [5, 5.41) is 11.8. The van der Waals surface area contributed by atoms with Gasteiger partial charge in [0, 0.05) is 5.92 Å². The quantitative estimate of drug-likeness (QED) is 0.747. The molecule has 1 unspecified atom stereocenters. The number of hydrogen-bond donors (Lipinski definition) is 2. The fourth-order valence-electron chi connectivity index (χ4n) is 2.17. The number of phenolic OH excluding ortho intramolecular Hbond substituents is 1. The third kappa shape index (κ3) is 2.88. The van der Waals surface area contributed by atoms with Crippen LogP contribution in [0.4, 0.5) is 0 Å². The molecule has 2 rings (SSSR count). The molecular weight excluding hydrogens is 230 g/mol. The van der Waals surface area contributed by atoms with Crippen LogP contribution in [-0.4, -0.2) is 23.3 Å². The lowest BCUT2D eigenvalue weighted by atomic mass is 9.79. The van der Waals surface area contributed by atoms with Crippen molar-refractivity contribution >= 4 is 12.2 Å². The fourth-order valence-corrected chi connectivity index (χ4v) is 2.17. The SMILES string of the molecule is O=CNC(Cc1ccc(O)cc1)C(=O)C1CCC1. The Morgan fingerprint density at radius 3 is 2.56 bits per heavy atom. The number of ketones is 1. The van der Waals surface area contributed by atoms with Crippen molar-refractivity contribution in [1.82, 2.24) is 5.32 Å². The summed E-state index contributed by atoms with van der Waals surface area (Å²) in [6.07, 6.45) is 4.04. The highest BCUT2D eigenvalue weighted by Gasteiger charge is 2.30. The Morgan fingerprint density at radius 2 is 2.06 bits per heavy atom. The standard InChI is InChI=1S/C14H17NO3/c16-9-15-13(14(18)11-2-1-3-11)8-10-4-6-12(17)7-5-10/h4-7,9,11,13,17H,1-3,8H2,(H,15,16). The van der Waals surface area contributed by atoms with Gasteiger partial charge in [0.1, 0.15) is 5.75 Å². The highest BCUT2D eigenvalue weighted by Crippen LogP contribution is 2.28. The Labute approximate surface area is 106 Å². The molecule has 2 N–H and O–H groups in total. The van der Waals surface area contributed by atoms with Gasteiger partial charge in [-0.15, -0.1) is 0 Å². The van der Waals surface area contributed by atoms with E-state index in [2.05, 4.69) is 5.32 Å². The lowest BCUT2D eigenvalue weighted by Crippen LogP contribution is -2.43. The monoisotopic (exact) mass is 247 g/mol. The summed E-state index contributed by atoms with van der Waals surface area (Å²) in [5.74, 6) is 0.435. The van der Waals surface area contributed by atoms with E-state index in [9.17, 15) is 14.7 Å². The number of carbonyl (C=O) groups excluding carboxylic acids is 2. The minimum atomic E-state index is -0.447. The molecule has 0 radical (unpaired) electrons. The molecule has 0 bridgehead atoms. The van der Waals surface area contributed by atoms with Crippen molar-refractivity contribution < 1.29 is 14.7 Å². The number of amides is 1. The summed E-state index contributed by atoms with van der Waals surface area (Å²) >= 11 is 0. The van der Waals surface area contributed by atoms with Crippen LogP contribution in [0, 0.1) is 5.92 Å². The van der Waals surface area contributed by atoms with Gasteiger partial charge in [-0.3, -0.25) is 9.59 Å². The van der Waals surface area contributed by atoms with Gasteiger partial charge in [-0.2, -0.15) is 0 Å². The van der Waals surface area contributed by atoms with Crippen molar-refractivity contribution in [3.05, 3.63) is 29.8 Å². The Hall–Kier alpha value is -1.84. The minimum absolute atomic E-state index is 0.111. The predicted molar refractivity (Wildman–Crippen MR) is 67.1 cm³/mol.